The zero-order chi connectivity index (χ0) is 13.8. The molecular weight excluding hydrogens is 280 g/mol. The van der Waals surface area contributed by atoms with E-state index in [9.17, 15) is 0 Å². The largest absolute Gasteiger partial charge is 0.389 e. The van der Waals surface area contributed by atoms with Gasteiger partial charge in [0.05, 0.1) is 16.8 Å². The number of rotatable bonds is 5. The quantitative estimate of drug-likeness (QED) is 0.848. The highest BCUT2D eigenvalue weighted by Crippen LogP contribution is 2.28. The average molecular weight is 299 g/mol. The van der Waals surface area contributed by atoms with E-state index < -0.39 is 0 Å². The number of thiocarbonyl (C=S) groups is 1. The zero-order valence-corrected chi connectivity index (χ0v) is 12.6. The first-order valence-corrected chi connectivity index (χ1v) is 7.36. The van der Waals surface area contributed by atoms with Gasteiger partial charge in [0.1, 0.15) is 4.99 Å². The van der Waals surface area contributed by atoms with Crippen molar-refractivity contribution in [3.63, 3.8) is 0 Å². The Labute approximate surface area is 124 Å². The van der Waals surface area contributed by atoms with E-state index in [1.807, 2.05) is 18.2 Å². The maximum Gasteiger partial charge on any atom is 0.104 e. The Bertz CT molecular complexity index is 461. The number of likely N-dealkylation sites (N-methyl/N-ethyl adjacent to an activating group) is 1. The molecule has 1 aliphatic heterocycles. The molecule has 104 valence electrons. The van der Waals surface area contributed by atoms with E-state index in [0.717, 1.165) is 43.8 Å². The van der Waals surface area contributed by atoms with Crippen molar-refractivity contribution in [3.05, 3.63) is 28.8 Å². The van der Waals surface area contributed by atoms with Crippen molar-refractivity contribution in [2.75, 3.05) is 24.6 Å². The van der Waals surface area contributed by atoms with Crippen molar-refractivity contribution >= 4 is 34.5 Å². The summed E-state index contributed by atoms with van der Waals surface area (Å²) < 4.78 is 5.68. The summed E-state index contributed by atoms with van der Waals surface area (Å²) >= 11 is 11.3. The number of hydrogen-bond donors (Lipinski definition) is 1. The van der Waals surface area contributed by atoms with Crippen LogP contribution in [0.15, 0.2) is 18.2 Å². The number of anilines is 1. The Morgan fingerprint density at radius 1 is 1.58 bits per heavy atom. The predicted molar refractivity (Wildman–Crippen MR) is 84.2 cm³/mol. The smallest absolute Gasteiger partial charge is 0.104 e. The number of halogens is 1. The molecule has 1 aromatic carbocycles. The average Bonchev–Trinajstić information content (AvgIpc) is 2.89. The van der Waals surface area contributed by atoms with Crippen LogP contribution in [0.1, 0.15) is 25.3 Å². The molecule has 0 spiro atoms. The summed E-state index contributed by atoms with van der Waals surface area (Å²) in [6.45, 7) is 4.76. The number of benzene rings is 1. The van der Waals surface area contributed by atoms with Gasteiger partial charge in [-0.3, -0.25) is 0 Å². The van der Waals surface area contributed by atoms with Crippen LogP contribution in [0.2, 0.25) is 5.02 Å². The number of hydrogen-bond acceptors (Lipinski definition) is 3. The van der Waals surface area contributed by atoms with E-state index in [2.05, 4.69) is 11.8 Å². The van der Waals surface area contributed by atoms with Crippen LogP contribution in [0.25, 0.3) is 0 Å². The topological polar surface area (TPSA) is 38.5 Å². The monoisotopic (exact) mass is 298 g/mol. The molecule has 2 rings (SSSR count). The molecule has 0 amide bonds. The third-order valence-electron chi connectivity index (χ3n) is 3.40. The molecule has 1 aromatic rings. The van der Waals surface area contributed by atoms with Gasteiger partial charge in [0, 0.05) is 25.3 Å². The lowest BCUT2D eigenvalue weighted by molar-refractivity contribution is 0.115. The van der Waals surface area contributed by atoms with Gasteiger partial charge in [-0.1, -0.05) is 23.8 Å². The van der Waals surface area contributed by atoms with E-state index in [1.165, 1.54) is 0 Å². The lowest BCUT2D eigenvalue weighted by atomic mass is 10.1. The highest BCUT2D eigenvalue weighted by molar-refractivity contribution is 7.80. The Morgan fingerprint density at radius 2 is 2.37 bits per heavy atom. The Balaban J connectivity index is 2.15. The van der Waals surface area contributed by atoms with Crippen LogP contribution in [0.4, 0.5) is 5.69 Å². The predicted octanol–water partition coefficient (Wildman–Crippen LogP) is 2.98. The van der Waals surface area contributed by atoms with Crippen LogP contribution in [-0.2, 0) is 4.74 Å². The fourth-order valence-corrected chi connectivity index (χ4v) is 2.78. The second-order valence-electron chi connectivity index (χ2n) is 4.70. The molecule has 1 saturated heterocycles. The van der Waals surface area contributed by atoms with Gasteiger partial charge in [-0.15, -0.1) is 0 Å². The zero-order valence-electron chi connectivity index (χ0n) is 11.1. The molecule has 0 saturated carbocycles. The second-order valence-corrected chi connectivity index (χ2v) is 5.55. The minimum atomic E-state index is 0.311. The van der Waals surface area contributed by atoms with Gasteiger partial charge in [0.25, 0.3) is 0 Å². The van der Waals surface area contributed by atoms with Gasteiger partial charge >= 0.3 is 0 Å². The third kappa shape index (κ3) is 3.59. The van der Waals surface area contributed by atoms with Crippen LogP contribution in [0.3, 0.4) is 0 Å². The van der Waals surface area contributed by atoms with Crippen LogP contribution in [0.5, 0.6) is 0 Å². The molecule has 5 heteroatoms. The molecule has 1 fully saturated rings. The molecule has 1 heterocycles. The van der Waals surface area contributed by atoms with Gasteiger partial charge in [0.2, 0.25) is 0 Å². The molecule has 0 aliphatic carbocycles. The van der Waals surface area contributed by atoms with E-state index in [1.54, 1.807) is 0 Å². The van der Waals surface area contributed by atoms with Gasteiger partial charge < -0.3 is 15.4 Å². The van der Waals surface area contributed by atoms with Crippen molar-refractivity contribution < 1.29 is 4.74 Å². The van der Waals surface area contributed by atoms with Crippen molar-refractivity contribution in [1.82, 2.24) is 0 Å². The van der Waals surface area contributed by atoms with Crippen LogP contribution in [0, 0.1) is 0 Å². The summed E-state index contributed by atoms with van der Waals surface area (Å²) in [6.07, 6.45) is 2.58. The molecule has 0 aromatic heterocycles. The van der Waals surface area contributed by atoms with Crippen molar-refractivity contribution in [1.29, 1.82) is 0 Å². The molecule has 1 unspecified atom stereocenters. The van der Waals surface area contributed by atoms with E-state index in [4.69, 9.17) is 34.3 Å². The highest BCUT2D eigenvalue weighted by atomic mass is 35.5. The molecule has 1 aliphatic rings. The highest BCUT2D eigenvalue weighted by Gasteiger charge is 2.20. The fraction of sp³-hybridized carbons (Fsp3) is 0.500. The maximum absolute atomic E-state index is 6.33. The van der Waals surface area contributed by atoms with E-state index >= 15 is 0 Å². The van der Waals surface area contributed by atoms with Crippen molar-refractivity contribution in [2.45, 2.75) is 25.9 Å². The summed E-state index contributed by atoms with van der Waals surface area (Å²) in [4.78, 5) is 2.61. The first-order valence-electron chi connectivity index (χ1n) is 6.57. The van der Waals surface area contributed by atoms with E-state index in [-0.39, 0.29) is 0 Å². The summed E-state index contributed by atoms with van der Waals surface area (Å²) in [5.41, 5.74) is 7.43. The van der Waals surface area contributed by atoms with Crippen LogP contribution >= 0.6 is 23.8 Å². The first-order chi connectivity index (χ1) is 9.11. The molecule has 2 N–H and O–H groups in total. The fourth-order valence-electron chi connectivity index (χ4n) is 2.35. The molecular formula is C14H19ClN2OS. The Kier molecular flexibility index (Phi) is 5.02. The molecule has 1 atom stereocenters. The van der Waals surface area contributed by atoms with Crippen molar-refractivity contribution in [3.8, 4) is 0 Å². The normalized spacial score (nSPS) is 18.5. The first kappa shape index (κ1) is 14.6. The molecule has 3 nitrogen and oxygen atoms in total. The lowest BCUT2D eigenvalue weighted by Gasteiger charge is -2.27. The SMILES string of the molecule is CCN(CC1CCCO1)c1ccc(C(N)=S)cc1Cl. The maximum atomic E-state index is 6.33. The molecule has 0 radical (unpaired) electrons. The van der Waals surface area contributed by atoms with Crippen LogP contribution < -0.4 is 10.6 Å². The Hall–Kier alpha value is -0.840. The van der Waals surface area contributed by atoms with Crippen LogP contribution in [-0.4, -0.2) is 30.8 Å². The van der Waals surface area contributed by atoms with Gasteiger partial charge in [-0.05, 0) is 38.0 Å². The number of nitrogens with zero attached hydrogens (tertiary/aromatic N) is 1. The lowest BCUT2D eigenvalue weighted by Crippen LogP contribution is -2.32. The number of nitrogens with two attached hydrogens (primary N) is 1. The van der Waals surface area contributed by atoms with Gasteiger partial charge in [-0.2, -0.15) is 0 Å². The van der Waals surface area contributed by atoms with Gasteiger partial charge in [0.15, 0.2) is 0 Å². The van der Waals surface area contributed by atoms with Gasteiger partial charge in [-0.25, -0.2) is 0 Å². The van der Waals surface area contributed by atoms with Crippen molar-refractivity contribution in [2.24, 2.45) is 5.73 Å². The standard InChI is InChI=1S/C14H19ClN2OS/c1-2-17(9-11-4-3-7-18-11)13-6-5-10(14(16)19)8-12(13)15/h5-6,8,11H,2-4,7,9H2,1H3,(H2,16,19). The van der Waals surface area contributed by atoms with E-state index in [0.29, 0.717) is 16.1 Å². The molecule has 19 heavy (non-hydrogen) atoms. The minimum absolute atomic E-state index is 0.311. The summed E-state index contributed by atoms with van der Waals surface area (Å²) in [5.74, 6) is 0. The summed E-state index contributed by atoms with van der Waals surface area (Å²) in [6, 6.07) is 5.73. The summed E-state index contributed by atoms with van der Waals surface area (Å²) in [5, 5.41) is 0.685. The Morgan fingerprint density at radius 3 is 2.89 bits per heavy atom. The molecule has 0 bridgehead atoms. The number of ether oxygens (including phenoxy) is 1. The second kappa shape index (κ2) is 6.55. The summed E-state index contributed by atoms with van der Waals surface area (Å²) in [7, 11) is 0. The third-order valence-corrected chi connectivity index (χ3v) is 3.94. The minimum Gasteiger partial charge on any atom is -0.389 e.